The van der Waals surface area contributed by atoms with Gasteiger partial charge in [-0.1, -0.05) is 13.8 Å². The number of halogens is 1. The summed E-state index contributed by atoms with van der Waals surface area (Å²) in [5.41, 5.74) is 6.14. The van der Waals surface area contributed by atoms with Gasteiger partial charge in [-0.3, -0.25) is 5.10 Å². The zero-order valence-corrected chi connectivity index (χ0v) is 13.4. The summed E-state index contributed by atoms with van der Waals surface area (Å²) >= 11 is 0. The standard InChI is InChI=1S/C11H22N4O2S.ClH/c1-5-11(6-2,7-12)15-18(16,17)10-8(3)13-14-9(10)4;/h15H,5-7,12H2,1-4H3,(H,13,14);1H. The van der Waals surface area contributed by atoms with Gasteiger partial charge in [0.05, 0.1) is 11.4 Å². The number of sulfonamides is 1. The first-order valence-electron chi connectivity index (χ1n) is 6.07. The van der Waals surface area contributed by atoms with E-state index in [1.807, 2.05) is 13.8 Å². The van der Waals surface area contributed by atoms with Crippen LogP contribution < -0.4 is 10.5 Å². The number of aromatic amines is 1. The fourth-order valence-electron chi connectivity index (χ4n) is 2.00. The second-order valence-corrected chi connectivity index (χ2v) is 6.18. The van der Waals surface area contributed by atoms with E-state index < -0.39 is 15.6 Å². The molecule has 0 aliphatic rings. The van der Waals surface area contributed by atoms with Crippen LogP contribution in [0.4, 0.5) is 0 Å². The minimum Gasteiger partial charge on any atom is -0.329 e. The molecule has 0 unspecified atom stereocenters. The number of aromatic nitrogens is 2. The van der Waals surface area contributed by atoms with Gasteiger partial charge in [-0.05, 0) is 26.7 Å². The van der Waals surface area contributed by atoms with Crippen molar-refractivity contribution >= 4 is 22.4 Å². The van der Waals surface area contributed by atoms with E-state index in [-0.39, 0.29) is 23.8 Å². The van der Waals surface area contributed by atoms with Crippen LogP contribution in [-0.4, -0.2) is 30.7 Å². The molecule has 1 aromatic heterocycles. The maximum absolute atomic E-state index is 12.4. The van der Waals surface area contributed by atoms with E-state index in [0.717, 1.165) is 0 Å². The summed E-state index contributed by atoms with van der Waals surface area (Å²) in [6.45, 7) is 7.48. The highest BCUT2D eigenvalue weighted by atomic mass is 35.5. The third-order valence-corrected chi connectivity index (χ3v) is 5.27. The molecule has 0 bridgehead atoms. The Balaban J connectivity index is 0.00000324. The Morgan fingerprint density at radius 1 is 1.32 bits per heavy atom. The van der Waals surface area contributed by atoms with Crippen molar-refractivity contribution in [2.24, 2.45) is 5.73 Å². The SMILES string of the molecule is CCC(CC)(CN)NS(=O)(=O)c1c(C)n[nH]c1C.Cl. The summed E-state index contributed by atoms with van der Waals surface area (Å²) in [6.07, 6.45) is 1.30. The van der Waals surface area contributed by atoms with Gasteiger partial charge in [0.25, 0.3) is 0 Å². The van der Waals surface area contributed by atoms with Crippen molar-refractivity contribution in [3.8, 4) is 0 Å². The maximum atomic E-state index is 12.4. The smallest absolute Gasteiger partial charge is 0.244 e. The number of aryl methyl sites for hydroxylation is 2. The molecular formula is C11H23ClN4O2S. The van der Waals surface area contributed by atoms with Crippen LogP contribution in [-0.2, 0) is 10.0 Å². The third-order valence-electron chi connectivity index (χ3n) is 3.42. The Bertz CT molecular complexity index is 481. The Morgan fingerprint density at radius 3 is 2.16 bits per heavy atom. The number of nitrogens with one attached hydrogen (secondary N) is 2. The molecule has 6 nitrogen and oxygen atoms in total. The van der Waals surface area contributed by atoms with Gasteiger partial charge < -0.3 is 5.73 Å². The van der Waals surface area contributed by atoms with Crippen LogP contribution in [0.1, 0.15) is 38.1 Å². The Hall–Kier alpha value is -0.630. The molecule has 19 heavy (non-hydrogen) atoms. The topological polar surface area (TPSA) is 101 Å². The molecule has 4 N–H and O–H groups in total. The Morgan fingerprint density at radius 2 is 1.84 bits per heavy atom. The average Bonchev–Trinajstić information content (AvgIpc) is 2.67. The molecule has 0 saturated heterocycles. The van der Waals surface area contributed by atoms with Gasteiger partial charge in [0, 0.05) is 12.1 Å². The van der Waals surface area contributed by atoms with E-state index in [9.17, 15) is 8.42 Å². The lowest BCUT2D eigenvalue weighted by Gasteiger charge is -2.30. The van der Waals surface area contributed by atoms with Crippen LogP contribution >= 0.6 is 12.4 Å². The van der Waals surface area contributed by atoms with Crippen LogP contribution in [0.25, 0.3) is 0 Å². The van der Waals surface area contributed by atoms with Crippen LogP contribution in [0.15, 0.2) is 4.90 Å². The lowest BCUT2D eigenvalue weighted by Crippen LogP contribution is -2.52. The molecule has 0 spiro atoms. The van der Waals surface area contributed by atoms with Crippen molar-refractivity contribution in [1.82, 2.24) is 14.9 Å². The van der Waals surface area contributed by atoms with Crippen molar-refractivity contribution in [3.05, 3.63) is 11.4 Å². The lowest BCUT2D eigenvalue weighted by atomic mass is 9.95. The molecule has 112 valence electrons. The monoisotopic (exact) mass is 310 g/mol. The summed E-state index contributed by atoms with van der Waals surface area (Å²) in [6, 6.07) is 0. The largest absolute Gasteiger partial charge is 0.329 e. The number of H-pyrrole nitrogens is 1. The highest BCUT2D eigenvalue weighted by molar-refractivity contribution is 7.89. The van der Waals surface area contributed by atoms with Gasteiger partial charge in [0.15, 0.2) is 0 Å². The normalized spacial score (nSPS) is 12.3. The zero-order valence-electron chi connectivity index (χ0n) is 11.8. The Labute approximate surface area is 121 Å². The number of hydrogen-bond acceptors (Lipinski definition) is 4. The average molecular weight is 311 g/mol. The molecule has 0 saturated carbocycles. The molecule has 0 fully saturated rings. The van der Waals surface area contributed by atoms with Crippen molar-refractivity contribution in [2.75, 3.05) is 6.54 Å². The Kier molecular flexibility index (Phi) is 6.47. The quantitative estimate of drug-likeness (QED) is 0.736. The van der Waals surface area contributed by atoms with Gasteiger partial charge in [-0.25, -0.2) is 13.1 Å². The number of rotatable bonds is 6. The van der Waals surface area contributed by atoms with Gasteiger partial charge in [-0.15, -0.1) is 12.4 Å². The molecule has 0 aliphatic heterocycles. The molecular weight excluding hydrogens is 288 g/mol. The first kappa shape index (κ1) is 18.4. The summed E-state index contributed by atoms with van der Waals surface area (Å²) in [4.78, 5) is 0.224. The zero-order chi connectivity index (χ0) is 14.0. The minimum absolute atomic E-state index is 0. The number of nitrogens with zero attached hydrogens (tertiary/aromatic N) is 1. The first-order chi connectivity index (χ1) is 8.32. The molecule has 0 radical (unpaired) electrons. The van der Waals surface area contributed by atoms with E-state index in [1.54, 1.807) is 13.8 Å². The van der Waals surface area contributed by atoms with E-state index in [2.05, 4.69) is 14.9 Å². The van der Waals surface area contributed by atoms with E-state index in [0.29, 0.717) is 24.2 Å². The summed E-state index contributed by atoms with van der Waals surface area (Å²) < 4.78 is 27.5. The van der Waals surface area contributed by atoms with Gasteiger partial charge in [0.1, 0.15) is 4.90 Å². The summed E-state index contributed by atoms with van der Waals surface area (Å²) in [7, 11) is -3.60. The molecule has 0 amide bonds. The molecule has 1 aromatic rings. The van der Waals surface area contributed by atoms with E-state index in [1.165, 1.54) is 0 Å². The predicted octanol–water partition coefficient (Wildman–Crippen LogP) is 1.24. The fourth-order valence-corrected chi connectivity index (χ4v) is 3.92. The number of nitrogens with two attached hydrogens (primary N) is 1. The maximum Gasteiger partial charge on any atom is 0.244 e. The molecule has 1 rings (SSSR count). The van der Waals surface area contributed by atoms with Crippen LogP contribution in [0, 0.1) is 13.8 Å². The van der Waals surface area contributed by atoms with Crippen molar-refractivity contribution in [3.63, 3.8) is 0 Å². The molecule has 0 aromatic carbocycles. The third kappa shape index (κ3) is 3.68. The fraction of sp³-hybridized carbons (Fsp3) is 0.727. The van der Waals surface area contributed by atoms with Crippen molar-refractivity contribution in [2.45, 2.75) is 51.0 Å². The van der Waals surface area contributed by atoms with Crippen molar-refractivity contribution < 1.29 is 8.42 Å². The van der Waals surface area contributed by atoms with Crippen LogP contribution in [0.3, 0.4) is 0 Å². The van der Waals surface area contributed by atoms with Crippen LogP contribution in [0.2, 0.25) is 0 Å². The molecule has 1 heterocycles. The van der Waals surface area contributed by atoms with E-state index in [4.69, 9.17) is 5.73 Å². The van der Waals surface area contributed by atoms with Gasteiger partial charge in [-0.2, -0.15) is 5.10 Å². The van der Waals surface area contributed by atoms with E-state index >= 15 is 0 Å². The summed E-state index contributed by atoms with van der Waals surface area (Å²) in [5.74, 6) is 0. The highest BCUT2D eigenvalue weighted by Gasteiger charge is 2.33. The first-order valence-corrected chi connectivity index (χ1v) is 7.56. The molecule has 8 heteroatoms. The minimum atomic E-state index is -3.60. The van der Waals surface area contributed by atoms with Gasteiger partial charge >= 0.3 is 0 Å². The number of hydrogen-bond donors (Lipinski definition) is 3. The highest BCUT2D eigenvalue weighted by Crippen LogP contribution is 2.21. The predicted molar refractivity (Wildman–Crippen MR) is 78.0 cm³/mol. The lowest BCUT2D eigenvalue weighted by molar-refractivity contribution is 0.363. The summed E-state index contributed by atoms with van der Waals surface area (Å²) in [5, 5.41) is 6.60. The second-order valence-electron chi connectivity index (χ2n) is 4.56. The van der Waals surface area contributed by atoms with Crippen LogP contribution in [0.5, 0.6) is 0 Å². The molecule has 0 atom stereocenters. The van der Waals surface area contributed by atoms with Crippen molar-refractivity contribution in [1.29, 1.82) is 0 Å². The second kappa shape index (κ2) is 6.69. The molecule has 0 aliphatic carbocycles. The van der Waals surface area contributed by atoms with Gasteiger partial charge in [0.2, 0.25) is 10.0 Å².